The lowest BCUT2D eigenvalue weighted by Crippen LogP contribution is -2.16. The van der Waals surface area contributed by atoms with Crippen LogP contribution in [0.4, 0.5) is 5.95 Å². The molecular weight excluding hydrogens is 254 g/mol. The van der Waals surface area contributed by atoms with Gasteiger partial charge in [-0.25, -0.2) is 0 Å². The second kappa shape index (κ2) is 5.08. The van der Waals surface area contributed by atoms with Gasteiger partial charge in [-0.15, -0.1) is 0 Å². The van der Waals surface area contributed by atoms with Crippen molar-refractivity contribution in [3.8, 4) is 0 Å². The number of ether oxygens (including phenoxy) is 1. The first-order valence-electron chi connectivity index (χ1n) is 5.41. The lowest BCUT2D eigenvalue weighted by atomic mass is 10.2. The van der Waals surface area contributed by atoms with Gasteiger partial charge in [0, 0.05) is 6.20 Å². The van der Waals surface area contributed by atoms with E-state index in [9.17, 15) is 9.59 Å². The van der Waals surface area contributed by atoms with Crippen molar-refractivity contribution in [1.29, 1.82) is 0 Å². The van der Waals surface area contributed by atoms with Crippen LogP contribution in [0.5, 0.6) is 0 Å². The Morgan fingerprint density at radius 1 is 1.58 bits per heavy atom. The van der Waals surface area contributed by atoms with Crippen molar-refractivity contribution in [3.05, 3.63) is 22.1 Å². The van der Waals surface area contributed by atoms with Crippen molar-refractivity contribution < 1.29 is 14.6 Å². The Hall–Kier alpha value is -2.39. The number of nitrogens with one attached hydrogen (secondary N) is 1. The van der Waals surface area contributed by atoms with E-state index >= 15 is 0 Å². The Morgan fingerprint density at radius 3 is 2.95 bits per heavy atom. The summed E-state index contributed by atoms with van der Waals surface area (Å²) in [5.74, 6) is -0.821. The van der Waals surface area contributed by atoms with Gasteiger partial charge in [0.1, 0.15) is 6.73 Å². The molecule has 9 heteroatoms. The highest BCUT2D eigenvalue weighted by molar-refractivity contribution is 6.05. The van der Waals surface area contributed by atoms with Crippen LogP contribution in [-0.4, -0.2) is 38.8 Å². The van der Waals surface area contributed by atoms with Gasteiger partial charge < -0.3 is 25.9 Å². The number of hydrogen-bond acceptors (Lipinski definition) is 6. The molecule has 0 radical (unpaired) electrons. The van der Waals surface area contributed by atoms with Gasteiger partial charge in [-0.2, -0.15) is 4.98 Å². The molecule has 0 aliphatic rings. The highest BCUT2D eigenvalue weighted by Gasteiger charge is 2.17. The molecule has 0 saturated carbocycles. The standard InChI is InChI=1S/C10H13N5O4/c11-7(17)5-3-15(4-19-2-1-16)8-6(5)9(18)14-10(12)13-8/h3,16H,1-2,4H2,(H2,11,17)(H3,12,13,14,18). The summed E-state index contributed by atoms with van der Waals surface area (Å²) in [5.41, 5.74) is 10.4. The van der Waals surface area contributed by atoms with Gasteiger partial charge in [-0.3, -0.25) is 14.6 Å². The van der Waals surface area contributed by atoms with Crippen LogP contribution in [0.25, 0.3) is 11.0 Å². The number of aliphatic hydroxyl groups is 1. The predicted octanol–water partition coefficient (Wildman–Crippen LogP) is -1.63. The van der Waals surface area contributed by atoms with Gasteiger partial charge in [0.25, 0.3) is 11.5 Å². The van der Waals surface area contributed by atoms with Crippen LogP contribution in [0, 0.1) is 0 Å². The third-order valence-electron chi connectivity index (χ3n) is 2.48. The van der Waals surface area contributed by atoms with Crippen molar-refractivity contribution in [2.75, 3.05) is 18.9 Å². The van der Waals surface area contributed by atoms with E-state index in [-0.39, 0.29) is 42.5 Å². The molecule has 0 aromatic carbocycles. The minimum Gasteiger partial charge on any atom is -0.394 e. The van der Waals surface area contributed by atoms with Gasteiger partial charge in [-0.1, -0.05) is 0 Å². The monoisotopic (exact) mass is 267 g/mol. The van der Waals surface area contributed by atoms with E-state index in [1.807, 2.05) is 0 Å². The fourth-order valence-corrected chi connectivity index (χ4v) is 1.72. The molecule has 9 nitrogen and oxygen atoms in total. The topological polar surface area (TPSA) is 149 Å². The Labute approximate surface area is 106 Å². The van der Waals surface area contributed by atoms with Crippen LogP contribution < -0.4 is 17.0 Å². The highest BCUT2D eigenvalue weighted by atomic mass is 16.5. The summed E-state index contributed by atoms with van der Waals surface area (Å²) in [6, 6.07) is 0. The third kappa shape index (κ3) is 2.41. The molecule has 6 N–H and O–H groups in total. The minimum absolute atomic E-state index is 0.0141. The van der Waals surface area contributed by atoms with Crippen LogP contribution >= 0.6 is 0 Å². The fourth-order valence-electron chi connectivity index (χ4n) is 1.72. The molecule has 19 heavy (non-hydrogen) atoms. The molecule has 0 fully saturated rings. The largest absolute Gasteiger partial charge is 0.394 e. The summed E-state index contributed by atoms with van der Waals surface area (Å²) in [7, 11) is 0. The van der Waals surface area contributed by atoms with Crippen LogP contribution in [0.2, 0.25) is 0 Å². The molecule has 0 atom stereocenters. The molecule has 102 valence electrons. The van der Waals surface area contributed by atoms with Gasteiger partial charge in [0.2, 0.25) is 5.95 Å². The maximum atomic E-state index is 11.8. The number of nitrogens with two attached hydrogens (primary N) is 2. The maximum Gasteiger partial charge on any atom is 0.262 e. The van der Waals surface area contributed by atoms with Crippen LogP contribution in [-0.2, 0) is 11.5 Å². The summed E-state index contributed by atoms with van der Waals surface area (Å²) >= 11 is 0. The molecular formula is C10H13N5O4. The van der Waals surface area contributed by atoms with Gasteiger partial charge in [0.05, 0.1) is 24.2 Å². The van der Waals surface area contributed by atoms with Crippen molar-refractivity contribution in [3.63, 3.8) is 0 Å². The molecule has 0 aliphatic heterocycles. The Balaban J connectivity index is 2.58. The van der Waals surface area contributed by atoms with Crippen LogP contribution in [0.1, 0.15) is 10.4 Å². The van der Waals surface area contributed by atoms with Crippen molar-refractivity contribution in [1.82, 2.24) is 14.5 Å². The highest BCUT2D eigenvalue weighted by Crippen LogP contribution is 2.16. The number of nitrogens with zero attached hydrogens (tertiary/aromatic N) is 2. The molecule has 2 rings (SSSR count). The number of fused-ring (bicyclic) bond motifs is 1. The zero-order valence-electron chi connectivity index (χ0n) is 9.92. The van der Waals surface area contributed by atoms with E-state index in [4.69, 9.17) is 21.3 Å². The maximum absolute atomic E-state index is 11.8. The number of carbonyl (C=O) groups is 1. The predicted molar refractivity (Wildman–Crippen MR) is 66.3 cm³/mol. The fraction of sp³-hybridized carbons (Fsp3) is 0.300. The zero-order valence-corrected chi connectivity index (χ0v) is 9.92. The molecule has 0 unspecified atom stereocenters. The van der Waals surface area contributed by atoms with E-state index in [1.165, 1.54) is 10.8 Å². The molecule has 2 aromatic heterocycles. The number of H-pyrrole nitrogens is 1. The molecule has 0 bridgehead atoms. The van der Waals surface area contributed by atoms with Crippen molar-refractivity contribution in [2.24, 2.45) is 5.73 Å². The lowest BCUT2D eigenvalue weighted by Gasteiger charge is -2.04. The van der Waals surface area contributed by atoms with E-state index < -0.39 is 11.5 Å². The number of primary amides is 1. The molecule has 1 amide bonds. The lowest BCUT2D eigenvalue weighted by molar-refractivity contribution is 0.0501. The molecule has 0 saturated heterocycles. The Bertz CT molecular complexity index is 674. The van der Waals surface area contributed by atoms with E-state index in [2.05, 4.69) is 9.97 Å². The Morgan fingerprint density at radius 2 is 2.32 bits per heavy atom. The first-order chi connectivity index (χ1) is 9.04. The summed E-state index contributed by atoms with van der Waals surface area (Å²) in [6.07, 6.45) is 1.37. The van der Waals surface area contributed by atoms with E-state index in [1.54, 1.807) is 0 Å². The molecule has 2 heterocycles. The summed E-state index contributed by atoms with van der Waals surface area (Å²) < 4.78 is 6.54. The number of carbonyl (C=O) groups excluding carboxylic acids is 1. The summed E-state index contributed by atoms with van der Waals surface area (Å²) in [6.45, 7) is -0.0114. The zero-order chi connectivity index (χ0) is 14.0. The number of aliphatic hydroxyl groups excluding tert-OH is 1. The average Bonchev–Trinajstić information content (AvgIpc) is 2.69. The normalized spacial score (nSPS) is 11.0. The number of hydrogen-bond donors (Lipinski definition) is 4. The second-order valence-corrected chi connectivity index (χ2v) is 3.79. The van der Waals surface area contributed by atoms with Gasteiger partial charge in [0.15, 0.2) is 5.65 Å². The molecule has 2 aromatic rings. The number of anilines is 1. The quantitative estimate of drug-likeness (QED) is 0.478. The van der Waals surface area contributed by atoms with E-state index in [0.717, 1.165) is 0 Å². The molecule has 0 spiro atoms. The van der Waals surface area contributed by atoms with Crippen LogP contribution in [0.3, 0.4) is 0 Å². The third-order valence-corrected chi connectivity index (χ3v) is 2.48. The second-order valence-electron chi connectivity index (χ2n) is 3.79. The first kappa shape index (κ1) is 13.1. The van der Waals surface area contributed by atoms with Crippen molar-refractivity contribution >= 4 is 22.9 Å². The van der Waals surface area contributed by atoms with Gasteiger partial charge in [-0.05, 0) is 0 Å². The number of aromatic amines is 1. The first-order valence-corrected chi connectivity index (χ1v) is 5.41. The van der Waals surface area contributed by atoms with Gasteiger partial charge >= 0.3 is 0 Å². The number of amides is 1. The Kier molecular flexibility index (Phi) is 3.49. The smallest absolute Gasteiger partial charge is 0.262 e. The average molecular weight is 267 g/mol. The number of rotatable bonds is 5. The van der Waals surface area contributed by atoms with Crippen molar-refractivity contribution in [2.45, 2.75) is 6.73 Å². The number of nitrogen functional groups attached to an aromatic ring is 1. The van der Waals surface area contributed by atoms with Crippen LogP contribution in [0.15, 0.2) is 11.0 Å². The number of aromatic nitrogens is 3. The summed E-state index contributed by atoms with van der Waals surface area (Å²) in [5, 5.41) is 8.70. The molecule has 0 aliphatic carbocycles. The van der Waals surface area contributed by atoms with E-state index in [0.29, 0.717) is 0 Å². The summed E-state index contributed by atoms with van der Waals surface area (Å²) in [4.78, 5) is 29.4. The SMILES string of the molecule is NC(=O)c1cn(COCCO)c2nc(N)[nH]c(=O)c12. The minimum atomic E-state index is -0.747.